The molecule has 1 aromatic heterocycles. The Bertz CT molecular complexity index is 747. The van der Waals surface area contributed by atoms with Crippen LogP contribution in [0.2, 0.25) is 0 Å². The molecule has 1 aromatic carbocycles. The molecule has 26 heavy (non-hydrogen) atoms. The lowest BCUT2D eigenvalue weighted by atomic mass is 10.0. The highest BCUT2D eigenvalue weighted by atomic mass is 32.1. The summed E-state index contributed by atoms with van der Waals surface area (Å²) in [5.74, 6) is -0.331. The molecule has 0 saturated carbocycles. The van der Waals surface area contributed by atoms with Crippen molar-refractivity contribution < 1.29 is 14.3 Å². The fraction of sp³-hybridized carbons (Fsp3) is 0.526. The number of nitrogens with one attached hydrogen (secondary N) is 2. The Morgan fingerprint density at radius 2 is 1.77 bits per heavy atom. The van der Waals surface area contributed by atoms with Crippen molar-refractivity contribution in [1.29, 1.82) is 0 Å². The van der Waals surface area contributed by atoms with Gasteiger partial charge in [0.05, 0.1) is 16.3 Å². The predicted molar refractivity (Wildman–Crippen MR) is 104 cm³/mol. The number of aromatic nitrogens is 1. The molecule has 2 aromatic rings. The summed E-state index contributed by atoms with van der Waals surface area (Å²) in [4.78, 5) is 29.3. The van der Waals surface area contributed by atoms with E-state index in [1.807, 2.05) is 45.0 Å². The summed E-state index contributed by atoms with van der Waals surface area (Å²) >= 11 is 1.55. The molecule has 0 bridgehead atoms. The summed E-state index contributed by atoms with van der Waals surface area (Å²) < 4.78 is 6.34. The van der Waals surface area contributed by atoms with Crippen LogP contribution in [0.5, 0.6) is 0 Å². The number of ether oxygens (including phenoxy) is 1. The highest BCUT2D eigenvalue weighted by Gasteiger charge is 2.28. The van der Waals surface area contributed by atoms with E-state index in [0.717, 1.165) is 15.2 Å². The number of para-hydroxylation sites is 1. The average molecular weight is 378 g/mol. The smallest absolute Gasteiger partial charge is 0.408 e. The van der Waals surface area contributed by atoms with E-state index in [-0.39, 0.29) is 17.9 Å². The van der Waals surface area contributed by atoms with Crippen molar-refractivity contribution in [2.24, 2.45) is 5.92 Å². The van der Waals surface area contributed by atoms with E-state index in [1.165, 1.54) is 0 Å². The maximum Gasteiger partial charge on any atom is 0.408 e. The third kappa shape index (κ3) is 5.42. The van der Waals surface area contributed by atoms with Gasteiger partial charge < -0.3 is 15.4 Å². The largest absolute Gasteiger partial charge is 0.444 e. The molecule has 2 N–H and O–H groups in total. The zero-order chi connectivity index (χ0) is 19.5. The number of carbonyl (C=O) groups excluding carboxylic acids is 2. The second-order valence-electron chi connectivity index (χ2n) is 7.62. The van der Waals surface area contributed by atoms with Crippen molar-refractivity contribution in [3.8, 4) is 0 Å². The Balaban J connectivity index is 2.05. The van der Waals surface area contributed by atoms with Gasteiger partial charge in [0.25, 0.3) is 0 Å². The standard InChI is InChI=1S/C19H27N3O3S/c1-11(2)15(22-18(24)25-19(4,5)6)16(23)20-12(3)17-21-13-9-7-8-10-14(13)26-17/h7-12,15H,1-6H3,(H,20,23)(H,22,24)/t12-,15+/m1/s1. The molecule has 1 heterocycles. The van der Waals surface area contributed by atoms with Crippen LogP contribution in [-0.4, -0.2) is 28.6 Å². The normalized spacial score (nSPS) is 14.1. The average Bonchev–Trinajstić information content (AvgIpc) is 2.94. The first-order chi connectivity index (χ1) is 12.1. The Morgan fingerprint density at radius 3 is 2.35 bits per heavy atom. The molecule has 0 saturated heterocycles. The lowest BCUT2D eigenvalue weighted by Gasteiger charge is -2.26. The van der Waals surface area contributed by atoms with Gasteiger partial charge in [-0.25, -0.2) is 9.78 Å². The summed E-state index contributed by atoms with van der Waals surface area (Å²) in [5.41, 5.74) is 0.303. The van der Waals surface area contributed by atoms with Gasteiger partial charge in [0.1, 0.15) is 16.7 Å². The van der Waals surface area contributed by atoms with Crippen molar-refractivity contribution >= 4 is 33.6 Å². The number of alkyl carbamates (subject to hydrolysis) is 1. The van der Waals surface area contributed by atoms with Gasteiger partial charge in [-0.2, -0.15) is 0 Å². The molecule has 2 amide bonds. The number of thiazole rings is 1. The van der Waals surface area contributed by atoms with E-state index in [4.69, 9.17) is 4.74 Å². The molecule has 2 atom stereocenters. The number of benzene rings is 1. The van der Waals surface area contributed by atoms with Crippen molar-refractivity contribution in [2.45, 2.75) is 59.2 Å². The van der Waals surface area contributed by atoms with Gasteiger partial charge in [-0.3, -0.25) is 4.79 Å². The van der Waals surface area contributed by atoms with Crippen LogP contribution in [0.25, 0.3) is 10.2 Å². The van der Waals surface area contributed by atoms with E-state index in [2.05, 4.69) is 15.6 Å². The molecule has 0 aliphatic rings. The van der Waals surface area contributed by atoms with E-state index in [1.54, 1.807) is 32.1 Å². The lowest BCUT2D eigenvalue weighted by Crippen LogP contribution is -2.51. The number of nitrogens with zero attached hydrogens (tertiary/aromatic N) is 1. The van der Waals surface area contributed by atoms with Gasteiger partial charge >= 0.3 is 6.09 Å². The molecule has 7 heteroatoms. The summed E-state index contributed by atoms with van der Waals surface area (Å²) in [6.45, 7) is 11.0. The van der Waals surface area contributed by atoms with Crippen LogP contribution in [-0.2, 0) is 9.53 Å². The first kappa shape index (κ1) is 20.2. The first-order valence-corrected chi connectivity index (χ1v) is 9.54. The number of carbonyl (C=O) groups is 2. The van der Waals surface area contributed by atoms with Crippen molar-refractivity contribution in [3.63, 3.8) is 0 Å². The minimum Gasteiger partial charge on any atom is -0.444 e. The van der Waals surface area contributed by atoms with Gasteiger partial charge in [-0.1, -0.05) is 26.0 Å². The lowest BCUT2D eigenvalue weighted by molar-refractivity contribution is -0.124. The van der Waals surface area contributed by atoms with Crippen LogP contribution in [0.1, 0.15) is 52.6 Å². The highest BCUT2D eigenvalue weighted by molar-refractivity contribution is 7.18. The quantitative estimate of drug-likeness (QED) is 0.825. The number of hydrogen-bond donors (Lipinski definition) is 2. The Kier molecular flexibility index (Phi) is 6.23. The number of fused-ring (bicyclic) bond motifs is 1. The molecule has 0 unspecified atom stereocenters. The van der Waals surface area contributed by atoms with Crippen LogP contribution >= 0.6 is 11.3 Å². The van der Waals surface area contributed by atoms with Crippen molar-refractivity contribution in [1.82, 2.24) is 15.6 Å². The SMILES string of the molecule is CC(C)[C@H](NC(=O)OC(C)(C)C)C(=O)N[C@H](C)c1nc2ccccc2s1. The fourth-order valence-electron chi connectivity index (χ4n) is 2.41. The highest BCUT2D eigenvalue weighted by Crippen LogP contribution is 2.26. The first-order valence-electron chi connectivity index (χ1n) is 8.72. The van der Waals surface area contributed by atoms with E-state index in [9.17, 15) is 9.59 Å². The molecule has 142 valence electrons. The topological polar surface area (TPSA) is 80.3 Å². The monoisotopic (exact) mass is 377 g/mol. The van der Waals surface area contributed by atoms with Gasteiger partial charge in [0.2, 0.25) is 5.91 Å². The molecule has 0 radical (unpaired) electrons. The minimum absolute atomic E-state index is 0.0786. The molecular weight excluding hydrogens is 350 g/mol. The summed E-state index contributed by atoms with van der Waals surface area (Å²) in [6.07, 6.45) is -0.598. The third-order valence-electron chi connectivity index (χ3n) is 3.66. The van der Waals surface area contributed by atoms with Crippen molar-refractivity contribution in [3.05, 3.63) is 29.3 Å². The van der Waals surface area contributed by atoms with Crippen LogP contribution in [0.4, 0.5) is 4.79 Å². The molecular formula is C19H27N3O3S. The van der Waals surface area contributed by atoms with Gasteiger partial charge in [-0.15, -0.1) is 11.3 Å². The zero-order valence-corrected chi connectivity index (χ0v) is 16.9. The summed E-state index contributed by atoms with van der Waals surface area (Å²) in [5, 5.41) is 6.44. The Hall–Kier alpha value is -2.15. The van der Waals surface area contributed by atoms with Crippen LogP contribution in [0.3, 0.4) is 0 Å². The van der Waals surface area contributed by atoms with Crippen molar-refractivity contribution in [2.75, 3.05) is 0 Å². The van der Waals surface area contributed by atoms with E-state index >= 15 is 0 Å². The van der Waals surface area contributed by atoms with E-state index in [0.29, 0.717) is 0 Å². The van der Waals surface area contributed by atoms with Crippen LogP contribution in [0.15, 0.2) is 24.3 Å². The molecule has 2 rings (SSSR count). The Labute approximate surface area is 158 Å². The second-order valence-corrected chi connectivity index (χ2v) is 8.68. The number of amides is 2. The minimum atomic E-state index is -0.679. The van der Waals surface area contributed by atoms with Gasteiger partial charge in [0, 0.05) is 0 Å². The van der Waals surface area contributed by atoms with Gasteiger partial charge in [-0.05, 0) is 45.7 Å². The zero-order valence-electron chi connectivity index (χ0n) is 16.1. The molecule has 0 spiro atoms. The van der Waals surface area contributed by atoms with E-state index < -0.39 is 17.7 Å². The van der Waals surface area contributed by atoms with Gasteiger partial charge in [0.15, 0.2) is 0 Å². The molecule has 0 aliphatic heterocycles. The molecule has 6 nitrogen and oxygen atoms in total. The fourth-order valence-corrected chi connectivity index (χ4v) is 3.38. The number of hydrogen-bond acceptors (Lipinski definition) is 5. The Morgan fingerprint density at radius 1 is 1.12 bits per heavy atom. The number of rotatable bonds is 5. The molecule has 0 fully saturated rings. The van der Waals surface area contributed by atoms with Crippen LogP contribution < -0.4 is 10.6 Å². The third-order valence-corrected chi connectivity index (χ3v) is 4.88. The summed E-state index contributed by atoms with van der Waals surface area (Å²) in [7, 11) is 0. The van der Waals surface area contributed by atoms with Crippen LogP contribution in [0, 0.1) is 5.92 Å². The summed E-state index contributed by atoms with van der Waals surface area (Å²) in [6, 6.07) is 6.93. The predicted octanol–water partition coefficient (Wildman–Crippen LogP) is 4.02. The molecule has 0 aliphatic carbocycles. The second kappa shape index (κ2) is 8.03. The maximum atomic E-state index is 12.7. The maximum absolute atomic E-state index is 12.7.